The van der Waals surface area contributed by atoms with Gasteiger partial charge >= 0.3 is 24.3 Å². The summed E-state index contributed by atoms with van der Waals surface area (Å²) in [6.07, 6.45) is -5.15. The zero-order chi connectivity index (χ0) is 29.4. The number of anilines is 1. The van der Waals surface area contributed by atoms with Gasteiger partial charge in [0, 0.05) is 24.2 Å². The van der Waals surface area contributed by atoms with Crippen LogP contribution in [0.2, 0.25) is 0 Å². The molecule has 17 heteroatoms. The van der Waals surface area contributed by atoms with Gasteiger partial charge in [-0.15, -0.1) is 11.3 Å². The van der Waals surface area contributed by atoms with Crippen molar-refractivity contribution in [1.82, 2.24) is 14.9 Å². The second-order valence-corrected chi connectivity index (χ2v) is 9.32. The zero-order valence-corrected chi connectivity index (χ0v) is 21.0. The highest BCUT2D eigenvalue weighted by Crippen LogP contribution is 2.34. The van der Waals surface area contributed by atoms with Crippen molar-refractivity contribution in [3.63, 3.8) is 0 Å². The number of aromatic nitrogens is 2. The number of thiazole rings is 1. The Kier molecular flexibility index (Phi) is 11.2. The highest BCUT2D eigenvalue weighted by Gasteiger charge is 2.42. The first-order valence-corrected chi connectivity index (χ1v) is 12.0. The number of hydrogen-bond donors (Lipinski definition) is 3. The lowest BCUT2D eigenvalue weighted by molar-refractivity contribution is -0.193. The smallest absolute Gasteiger partial charge is 0.475 e. The van der Waals surface area contributed by atoms with Crippen LogP contribution in [0.5, 0.6) is 0 Å². The lowest BCUT2D eigenvalue weighted by Gasteiger charge is -2.33. The maximum atomic E-state index is 12.5. The molecule has 0 aliphatic carbocycles. The first-order chi connectivity index (χ1) is 18.1. The fourth-order valence-electron chi connectivity index (χ4n) is 3.65. The number of aryl methyl sites for hydroxylation is 1. The van der Waals surface area contributed by atoms with Crippen molar-refractivity contribution in [3.05, 3.63) is 40.6 Å². The Morgan fingerprint density at radius 2 is 1.77 bits per heavy atom. The molecule has 0 bridgehead atoms. The SMILES string of the molecule is Cc1ncsc1CN1CC[C@H]2C[C@@H](C(=O)Nc3cccnc3)O[C@H]2C1.O=C(O)C(F)(F)F.O=C(O)C(F)(F)F. The Balaban J connectivity index is 0.000000317. The minimum absolute atomic E-state index is 0.0627. The Labute approximate surface area is 221 Å². The molecule has 0 radical (unpaired) electrons. The minimum Gasteiger partial charge on any atom is -0.475 e. The number of piperidine rings is 1. The van der Waals surface area contributed by atoms with Crippen LogP contribution in [-0.2, 0) is 25.7 Å². The number of carboxylic acid groups (broad SMARTS) is 2. The van der Waals surface area contributed by atoms with Gasteiger partial charge in [0.1, 0.15) is 6.10 Å². The Morgan fingerprint density at radius 3 is 2.26 bits per heavy atom. The third-order valence-electron chi connectivity index (χ3n) is 5.55. The highest BCUT2D eigenvalue weighted by molar-refractivity contribution is 7.09. The van der Waals surface area contributed by atoms with Crippen molar-refractivity contribution < 1.29 is 55.7 Å². The zero-order valence-electron chi connectivity index (χ0n) is 20.2. The van der Waals surface area contributed by atoms with E-state index >= 15 is 0 Å². The largest absolute Gasteiger partial charge is 0.490 e. The fraction of sp³-hybridized carbons (Fsp3) is 0.500. The molecule has 2 aromatic heterocycles. The number of amides is 1. The molecule has 0 unspecified atom stereocenters. The maximum Gasteiger partial charge on any atom is 0.490 e. The normalized spacial score (nSPS) is 20.9. The summed E-state index contributed by atoms with van der Waals surface area (Å²) in [5.74, 6) is -5.10. The number of nitrogens with one attached hydrogen (secondary N) is 1. The Morgan fingerprint density at radius 1 is 1.15 bits per heavy atom. The van der Waals surface area contributed by atoms with Crippen LogP contribution in [0, 0.1) is 12.8 Å². The summed E-state index contributed by atoms with van der Waals surface area (Å²) in [5.41, 5.74) is 3.74. The van der Waals surface area contributed by atoms with E-state index < -0.39 is 24.3 Å². The molecule has 2 fully saturated rings. The van der Waals surface area contributed by atoms with E-state index in [1.54, 1.807) is 23.7 Å². The van der Waals surface area contributed by atoms with E-state index in [0.29, 0.717) is 11.6 Å². The van der Waals surface area contributed by atoms with Crippen LogP contribution in [0.3, 0.4) is 0 Å². The molecule has 4 heterocycles. The third-order valence-corrected chi connectivity index (χ3v) is 6.47. The molecule has 2 aliphatic heterocycles. The standard InChI is InChI=1S/C18H22N4O2S.2C2HF3O2/c1-12-17(25-11-20-12)10-22-6-4-13-7-15(24-16(13)9-22)18(23)21-14-3-2-5-19-8-14;2*3-2(4,5)1(6)7/h2-3,5,8,11,13,15-16H,4,6-7,9-10H2,1H3,(H,21,23);2*(H,6,7)/t13-,15-,16-;;/m0../s1. The average Bonchev–Trinajstić information content (AvgIpc) is 3.45. The number of nitrogens with zero attached hydrogens (tertiary/aromatic N) is 3. The summed E-state index contributed by atoms with van der Waals surface area (Å²) in [6.45, 7) is 4.93. The van der Waals surface area contributed by atoms with E-state index in [1.807, 2.05) is 17.6 Å². The number of rotatable bonds is 4. The highest BCUT2D eigenvalue weighted by atomic mass is 32.1. The number of carboxylic acids is 2. The molecular weight excluding hydrogens is 562 g/mol. The first-order valence-electron chi connectivity index (χ1n) is 11.2. The summed E-state index contributed by atoms with van der Waals surface area (Å²) < 4.78 is 69.6. The molecule has 1 amide bonds. The van der Waals surface area contributed by atoms with Crippen LogP contribution in [0.15, 0.2) is 30.0 Å². The second kappa shape index (κ2) is 13.7. The van der Waals surface area contributed by atoms with Crippen LogP contribution in [-0.4, -0.2) is 80.6 Å². The number of halogens is 6. The van der Waals surface area contributed by atoms with Gasteiger partial charge in [-0.2, -0.15) is 26.3 Å². The Bertz CT molecular complexity index is 1090. The van der Waals surface area contributed by atoms with Crippen molar-refractivity contribution in [2.24, 2.45) is 5.92 Å². The molecular formula is C22H24F6N4O6S. The van der Waals surface area contributed by atoms with E-state index in [1.165, 1.54) is 4.88 Å². The minimum atomic E-state index is -5.08. The molecule has 0 spiro atoms. The summed E-state index contributed by atoms with van der Waals surface area (Å²) in [6, 6.07) is 3.65. The van der Waals surface area contributed by atoms with Crippen molar-refractivity contribution in [1.29, 1.82) is 0 Å². The number of pyridine rings is 1. The van der Waals surface area contributed by atoms with Crippen LogP contribution < -0.4 is 5.32 Å². The number of likely N-dealkylation sites (tertiary alicyclic amines) is 1. The molecule has 39 heavy (non-hydrogen) atoms. The van der Waals surface area contributed by atoms with Gasteiger partial charge in [0.2, 0.25) is 0 Å². The van der Waals surface area contributed by atoms with Gasteiger partial charge in [0.25, 0.3) is 5.91 Å². The Hall–Kier alpha value is -3.31. The lowest BCUT2D eigenvalue weighted by atomic mass is 9.91. The molecule has 216 valence electrons. The molecule has 3 atom stereocenters. The molecule has 2 aliphatic rings. The van der Waals surface area contributed by atoms with Crippen molar-refractivity contribution >= 4 is 34.9 Å². The predicted molar refractivity (Wildman–Crippen MR) is 124 cm³/mol. The molecule has 2 saturated heterocycles. The quantitative estimate of drug-likeness (QED) is 0.457. The maximum absolute atomic E-state index is 12.5. The van der Waals surface area contributed by atoms with E-state index in [4.69, 9.17) is 24.5 Å². The molecule has 10 nitrogen and oxygen atoms in total. The van der Waals surface area contributed by atoms with Crippen LogP contribution in [0.1, 0.15) is 23.4 Å². The van der Waals surface area contributed by atoms with Gasteiger partial charge in [-0.1, -0.05) is 0 Å². The van der Waals surface area contributed by atoms with Gasteiger partial charge in [-0.3, -0.25) is 14.7 Å². The monoisotopic (exact) mass is 586 g/mol. The van der Waals surface area contributed by atoms with Gasteiger partial charge in [0.15, 0.2) is 0 Å². The van der Waals surface area contributed by atoms with Crippen LogP contribution in [0.4, 0.5) is 32.0 Å². The fourth-order valence-corrected chi connectivity index (χ4v) is 4.47. The number of carbonyl (C=O) groups excluding carboxylic acids is 1. The lowest BCUT2D eigenvalue weighted by Crippen LogP contribution is -2.41. The summed E-state index contributed by atoms with van der Waals surface area (Å²) in [4.78, 5) is 42.3. The molecule has 3 N–H and O–H groups in total. The van der Waals surface area contributed by atoms with E-state index in [9.17, 15) is 31.1 Å². The van der Waals surface area contributed by atoms with Gasteiger partial charge < -0.3 is 20.3 Å². The van der Waals surface area contributed by atoms with Crippen molar-refractivity contribution in [2.45, 2.75) is 50.9 Å². The van der Waals surface area contributed by atoms with Gasteiger partial charge in [-0.25, -0.2) is 14.6 Å². The molecule has 2 aromatic rings. The number of carbonyl (C=O) groups is 3. The van der Waals surface area contributed by atoms with E-state index in [-0.39, 0.29) is 18.1 Å². The van der Waals surface area contributed by atoms with E-state index in [0.717, 1.165) is 38.2 Å². The number of alkyl halides is 6. The van der Waals surface area contributed by atoms with Crippen molar-refractivity contribution in [3.8, 4) is 0 Å². The molecule has 0 saturated carbocycles. The number of hydrogen-bond acceptors (Lipinski definition) is 8. The molecule has 4 rings (SSSR count). The molecule has 0 aromatic carbocycles. The third kappa shape index (κ3) is 10.4. The average molecular weight is 587 g/mol. The summed E-state index contributed by atoms with van der Waals surface area (Å²) in [7, 11) is 0. The second-order valence-electron chi connectivity index (χ2n) is 8.38. The van der Waals surface area contributed by atoms with Gasteiger partial charge in [-0.05, 0) is 44.4 Å². The predicted octanol–water partition coefficient (Wildman–Crippen LogP) is 3.73. The first kappa shape index (κ1) is 31.9. The number of ether oxygens (including phenoxy) is 1. The van der Waals surface area contributed by atoms with Crippen LogP contribution >= 0.6 is 11.3 Å². The van der Waals surface area contributed by atoms with Gasteiger partial charge in [0.05, 0.1) is 29.2 Å². The summed E-state index contributed by atoms with van der Waals surface area (Å²) in [5, 5.41) is 17.2. The van der Waals surface area contributed by atoms with Crippen LogP contribution in [0.25, 0.3) is 0 Å². The van der Waals surface area contributed by atoms with E-state index in [2.05, 4.69) is 27.1 Å². The topological polar surface area (TPSA) is 142 Å². The van der Waals surface area contributed by atoms with Crippen molar-refractivity contribution in [2.75, 3.05) is 18.4 Å². The summed E-state index contributed by atoms with van der Waals surface area (Å²) >= 11 is 1.71. The number of fused-ring (bicyclic) bond motifs is 1. The number of aliphatic carboxylic acids is 2.